The topological polar surface area (TPSA) is 79.3 Å². The smallest absolute Gasteiger partial charge is 0.239 e. The van der Waals surface area contributed by atoms with E-state index in [4.69, 9.17) is 14.8 Å². The minimum atomic E-state index is -0.664. The van der Waals surface area contributed by atoms with Gasteiger partial charge in [-0.05, 0) is 0 Å². The molecule has 0 aromatic rings. The number of fused-ring (bicyclic) bond motifs is 1. The summed E-state index contributed by atoms with van der Waals surface area (Å²) < 4.78 is 0. The van der Waals surface area contributed by atoms with Crippen molar-refractivity contribution >= 4 is 11.8 Å². The quantitative estimate of drug-likeness (QED) is 0.709. The van der Waals surface area contributed by atoms with Crippen molar-refractivity contribution in [2.45, 2.75) is 12.6 Å². The fourth-order valence-corrected chi connectivity index (χ4v) is 2.64. The van der Waals surface area contributed by atoms with E-state index in [2.05, 4.69) is 0 Å². The van der Waals surface area contributed by atoms with Crippen molar-refractivity contribution in [3.8, 4) is 0 Å². The largest absolute Gasteiger partial charge is 0.395 e. The number of hydrogen-bond acceptors (Lipinski definition) is 6. The highest BCUT2D eigenvalue weighted by Gasteiger charge is 2.49. The lowest BCUT2D eigenvalue weighted by molar-refractivity contribution is -0.426. The van der Waals surface area contributed by atoms with E-state index in [1.165, 1.54) is 4.90 Å². The summed E-state index contributed by atoms with van der Waals surface area (Å²) in [6.45, 7) is 0.369. The van der Waals surface area contributed by atoms with Crippen LogP contribution >= 0.6 is 0 Å². The number of hydrogen-bond donors (Lipinski definition) is 1. The maximum absolute atomic E-state index is 12.3. The van der Waals surface area contributed by atoms with Gasteiger partial charge in [0.05, 0.1) is 31.6 Å². The molecule has 1 aliphatic carbocycles. The lowest BCUT2D eigenvalue weighted by Crippen LogP contribution is -2.50. The molecule has 3 rings (SSSR count). The van der Waals surface area contributed by atoms with Crippen molar-refractivity contribution in [1.29, 1.82) is 0 Å². The molecule has 0 spiro atoms. The molecule has 1 N–H and O–H groups in total. The summed E-state index contributed by atoms with van der Waals surface area (Å²) in [5.74, 6) is -1.33. The highest BCUT2D eigenvalue weighted by Crippen LogP contribution is 2.34. The second kappa shape index (κ2) is 5.45. The van der Waals surface area contributed by atoms with Crippen molar-refractivity contribution in [2.75, 3.05) is 19.8 Å². The Labute approximate surface area is 115 Å². The first kappa shape index (κ1) is 13.4. The van der Waals surface area contributed by atoms with Gasteiger partial charge in [0.2, 0.25) is 11.8 Å². The van der Waals surface area contributed by atoms with Gasteiger partial charge in [0.15, 0.2) is 6.23 Å². The molecule has 0 saturated carbocycles. The predicted molar refractivity (Wildman–Crippen MR) is 66.3 cm³/mol. The van der Waals surface area contributed by atoms with E-state index in [1.54, 1.807) is 24.3 Å². The zero-order chi connectivity index (χ0) is 14.1. The zero-order valence-corrected chi connectivity index (χ0v) is 10.8. The van der Waals surface area contributed by atoms with Gasteiger partial charge in [-0.15, -0.1) is 0 Å². The third-order valence-electron chi connectivity index (χ3n) is 3.59. The minimum absolute atomic E-state index is 0.134. The van der Waals surface area contributed by atoms with E-state index < -0.39 is 18.1 Å². The van der Waals surface area contributed by atoms with Gasteiger partial charge < -0.3 is 5.11 Å². The molecule has 0 bridgehead atoms. The monoisotopic (exact) mass is 280 g/mol. The highest BCUT2D eigenvalue weighted by atomic mass is 17.0. The second-order valence-corrected chi connectivity index (χ2v) is 4.83. The molecule has 108 valence electrons. The number of likely N-dealkylation sites (tertiary alicyclic amines) is 1. The van der Waals surface area contributed by atoms with Crippen molar-refractivity contribution in [3.05, 3.63) is 24.3 Å². The Morgan fingerprint density at radius 2 is 1.85 bits per heavy atom. The van der Waals surface area contributed by atoms with Gasteiger partial charge >= 0.3 is 0 Å². The van der Waals surface area contributed by atoms with Crippen molar-refractivity contribution in [3.63, 3.8) is 0 Å². The summed E-state index contributed by atoms with van der Waals surface area (Å²) >= 11 is 0. The van der Waals surface area contributed by atoms with Gasteiger partial charge in [-0.3, -0.25) is 19.3 Å². The van der Waals surface area contributed by atoms with Gasteiger partial charge in [-0.25, -0.2) is 4.84 Å². The molecule has 2 fully saturated rings. The number of amides is 2. The van der Waals surface area contributed by atoms with Crippen LogP contribution in [0.4, 0.5) is 0 Å². The van der Waals surface area contributed by atoms with E-state index in [1.807, 2.05) is 0 Å². The van der Waals surface area contributed by atoms with Crippen LogP contribution in [0.25, 0.3) is 0 Å². The number of aliphatic hydroxyl groups excluding tert-OH is 1. The van der Waals surface area contributed by atoms with Gasteiger partial charge in [0.1, 0.15) is 0 Å². The number of β-amino-alcohol motifs (C(OH)–C–C–N with tert-alkyl or cyclic N) is 1. The Hall–Kier alpha value is -1.54. The summed E-state index contributed by atoms with van der Waals surface area (Å²) in [6, 6.07) is 0. The number of nitrogens with zero attached hydrogens (tertiary/aromatic N) is 2. The first-order valence-corrected chi connectivity index (χ1v) is 6.62. The van der Waals surface area contributed by atoms with E-state index in [0.29, 0.717) is 13.0 Å². The number of rotatable bonds is 3. The van der Waals surface area contributed by atoms with Crippen molar-refractivity contribution in [1.82, 2.24) is 10.1 Å². The van der Waals surface area contributed by atoms with E-state index in [9.17, 15) is 9.59 Å². The Balaban J connectivity index is 1.76. The van der Waals surface area contributed by atoms with Gasteiger partial charge in [0, 0.05) is 6.42 Å². The Kier molecular flexibility index (Phi) is 3.66. The number of carbonyl (C=O) groups excluding carboxylic acids is 2. The normalized spacial score (nSPS) is 33.9. The molecule has 7 nitrogen and oxygen atoms in total. The standard InChI is InChI=1S/C13H16N2O5/c16-7-6-14-19-8-5-11(20-14)15-12(17)9-3-1-2-4-10(9)13(15)18/h1-4,9-11,16H,5-8H2. The fraction of sp³-hybridized carbons (Fsp3) is 0.538. The van der Waals surface area contributed by atoms with Crippen LogP contribution in [0.3, 0.4) is 0 Å². The highest BCUT2D eigenvalue weighted by molar-refractivity contribution is 6.07. The first-order chi connectivity index (χ1) is 9.72. The number of allylic oxidation sites excluding steroid dienone is 2. The fourth-order valence-electron chi connectivity index (χ4n) is 2.64. The van der Waals surface area contributed by atoms with Crippen LogP contribution in [0.15, 0.2) is 24.3 Å². The van der Waals surface area contributed by atoms with Gasteiger partial charge in [-0.1, -0.05) is 29.5 Å². The molecule has 2 amide bonds. The summed E-state index contributed by atoms with van der Waals surface area (Å²) in [6.07, 6.45) is 6.80. The second-order valence-electron chi connectivity index (χ2n) is 4.83. The molecule has 3 aliphatic rings. The average molecular weight is 280 g/mol. The van der Waals surface area contributed by atoms with Crippen LogP contribution in [0.1, 0.15) is 6.42 Å². The average Bonchev–Trinajstić information content (AvgIpc) is 2.72. The zero-order valence-electron chi connectivity index (χ0n) is 10.8. The van der Waals surface area contributed by atoms with E-state index >= 15 is 0 Å². The van der Waals surface area contributed by atoms with Gasteiger partial charge in [0.25, 0.3) is 0 Å². The lowest BCUT2D eigenvalue weighted by Gasteiger charge is -2.34. The minimum Gasteiger partial charge on any atom is -0.395 e. The van der Waals surface area contributed by atoms with Crippen LogP contribution in [-0.4, -0.2) is 53.0 Å². The number of hydroxylamine groups is 2. The molecule has 7 heteroatoms. The third kappa shape index (κ3) is 2.18. The number of aliphatic hydroxyl groups is 1. The molecule has 2 saturated heterocycles. The summed E-state index contributed by atoms with van der Waals surface area (Å²) in [4.78, 5) is 36.5. The van der Waals surface area contributed by atoms with E-state index in [-0.39, 0.29) is 25.0 Å². The molecule has 0 radical (unpaired) electrons. The Morgan fingerprint density at radius 3 is 2.45 bits per heavy atom. The van der Waals surface area contributed by atoms with Crippen LogP contribution < -0.4 is 0 Å². The van der Waals surface area contributed by atoms with Gasteiger partial charge in [-0.2, -0.15) is 0 Å². The molecular weight excluding hydrogens is 264 g/mol. The SMILES string of the molecule is O=C1C2C=CC=CC2C(=O)N1C1CCON(CCO)O1. The van der Waals surface area contributed by atoms with Crippen LogP contribution in [0.5, 0.6) is 0 Å². The Bertz CT molecular complexity index is 443. The lowest BCUT2D eigenvalue weighted by atomic mass is 9.91. The van der Waals surface area contributed by atoms with Crippen LogP contribution in [0, 0.1) is 11.8 Å². The molecular formula is C13H16N2O5. The molecule has 2 heterocycles. The van der Waals surface area contributed by atoms with Crippen molar-refractivity contribution in [2.24, 2.45) is 11.8 Å². The predicted octanol–water partition coefficient (Wildman–Crippen LogP) is -0.399. The summed E-state index contributed by atoms with van der Waals surface area (Å²) in [5, 5.41) is 10.0. The molecule has 0 aromatic carbocycles. The molecule has 2 aliphatic heterocycles. The first-order valence-electron chi connectivity index (χ1n) is 6.62. The molecule has 3 atom stereocenters. The maximum atomic E-state index is 12.3. The van der Waals surface area contributed by atoms with E-state index in [0.717, 1.165) is 5.23 Å². The number of carbonyl (C=O) groups is 2. The third-order valence-corrected chi connectivity index (χ3v) is 3.59. The van der Waals surface area contributed by atoms with Crippen LogP contribution in [0.2, 0.25) is 0 Å². The summed E-state index contributed by atoms with van der Waals surface area (Å²) in [7, 11) is 0. The molecule has 0 aromatic heterocycles. The van der Waals surface area contributed by atoms with Crippen LogP contribution in [-0.2, 0) is 19.3 Å². The summed E-state index contributed by atoms with van der Waals surface area (Å²) in [5.41, 5.74) is 0. The maximum Gasteiger partial charge on any atom is 0.239 e. The Morgan fingerprint density at radius 1 is 1.20 bits per heavy atom. The number of imide groups is 1. The molecule has 3 unspecified atom stereocenters. The molecule has 20 heavy (non-hydrogen) atoms. The van der Waals surface area contributed by atoms with Crippen molar-refractivity contribution < 1.29 is 24.4 Å².